The maximum atomic E-state index is 3.88. The normalized spacial score (nSPS) is 17.7. The monoisotopic (exact) mass is 166 g/mol. The molecule has 12 heavy (non-hydrogen) atoms. The van der Waals surface area contributed by atoms with Crippen molar-refractivity contribution in [3.8, 4) is 0 Å². The molecule has 0 radical (unpaired) electrons. The van der Waals surface area contributed by atoms with Crippen molar-refractivity contribution in [2.75, 3.05) is 6.54 Å². The van der Waals surface area contributed by atoms with E-state index in [1.54, 1.807) is 6.20 Å². The fraction of sp³-hybridized carbons (Fsp3) is 0.750. The molecule has 1 heterocycles. The van der Waals surface area contributed by atoms with Gasteiger partial charge in [0.15, 0.2) is 0 Å². The lowest BCUT2D eigenvalue weighted by atomic mass is 9.93. The topological polar surface area (TPSA) is 42.7 Å². The standard InChI is InChI=1S/C8H14N4/c1-2-8(3-1)9-4-6-12-7-5-10-11-12/h5,7-9H,1-4,6H2. The molecule has 1 aliphatic carbocycles. The summed E-state index contributed by atoms with van der Waals surface area (Å²) in [7, 11) is 0. The van der Waals surface area contributed by atoms with E-state index in [1.807, 2.05) is 10.9 Å². The summed E-state index contributed by atoms with van der Waals surface area (Å²) in [6.45, 7) is 1.94. The van der Waals surface area contributed by atoms with Gasteiger partial charge in [-0.15, -0.1) is 5.10 Å². The van der Waals surface area contributed by atoms with Gasteiger partial charge < -0.3 is 5.32 Å². The van der Waals surface area contributed by atoms with Gasteiger partial charge in [-0.3, -0.25) is 4.68 Å². The maximum Gasteiger partial charge on any atom is 0.0692 e. The lowest BCUT2D eigenvalue weighted by Gasteiger charge is -2.26. The van der Waals surface area contributed by atoms with Crippen LogP contribution in [0.15, 0.2) is 12.4 Å². The fourth-order valence-corrected chi connectivity index (χ4v) is 1.35. The highest BCUT2D eigenvalue weighted by Gasteiger charge is 2.15. The molecule has 1 aromatic rings. The minimum Gasteiger partial charge on any atom is -0.312 e. The molecule has 4 heteroatoms. The summed E-state index contributed by atoms with van der Waals surface area (Å²) in [5.74, 6) is 0. The Morgan fingerprint density at radius 2 is 2.42 bits per heavy atom. The minimum atomic E-state index is 0.772. The minimum absolute atomic E-state index is 0.772. The second kappa shape index (κ2) is 3.67. The number of aromatic nitrogens is 3. The summed E-state index contributed by atoms with van der Waals surface area (Å²) in [4.78, 5) is 0. The van der Waals surface area contributed by atoms with Crippen LogP contribution in [0.1, 0.15) is 19.3 Å². The Morgan fingerprint density at radius 1 is 1.50 bits per heavy atom. The third-order valence-corrected chi connectivity index (χ3v) is 2.35. The number of rotatable bonds is 4. The van der Waals surface area contributed by atoms with Gasteiger partial charge in [-0.1, -0.05) is 11.6 Å². The van der Waals surface area contributed by atoms with Crippen LogP contribution in [0.3, 0.4) is 0 Å². The van der Waals surface area contributed by atoms with Gasteiger partial charge in [-0.2, -0.15) is 0 Å². The largest absolute Gasteiger partial charge is 0.312 e. The molecule has 1 fully saturated rings. The molecule has 1 N–H and O–H groups in total. The lowest BCUT2D eigenvalue weighted by Crippen LogP contribution is -2.37. The van der Waals surface area contributed by atoms with E-state index in [2.05, 4.69) is 15.6 Å². The average Bonchev–Trinajstić information content (AvgIpc) is 2.46. The molecule has 66 valence electrons. The third-order valence-electron chi connectivity index (χ3n) is 2.35. The van der Waals surface area contributed by atoms with Crippen molar-refractivity contribution >= 4 is 0 Å². The maximum absolute atomic E-state index is 3.88. The molecule has 0 bridgehead atoms. The van der Waals surface area contributed by atoms with Crippen LogP contribution < -0.4 is 5.32 Å². The highest BCUT2D eigenvalue weighted by Crippen LogP contribution is 2.17. The van der Waals surface area contributed by atoms with Crippen LogP contribution in [-0.4, -0.2) is 27.6 Å². The van der Waals surface area contributed by atoms with Gasteiger partial charge in [-0.25, -0.2) is 0 Å². The van der Waals surface area contributed by atoms with Crippen molar-refractivity contribution in [2.24, 2.45) is 0 Å². The smallest absolute Gasteiger partial charge is 0.0692 e. The molecule has 0 aromatic carbocycles. The van der Waals surface area contributed by atoms with Gasteiger partial charge >= 0.3 is 0 Å². The summed E-state index contributed by atoms with van der Waals surface area (Å²) >= 11 is 0. The molecule has 0 unspecified atom stereocenters. The van der Waals surface area contributed by atoms with Crippen LogP contribution in [-0.2, 0) is 6.54 Å². The Balaban J connectivity index is 1.62. The van der Waals surface area contributed by atoms with Gasteiger partial charge in [0.05, 0.1) is 12.7 Å². The predicted octanol–water partition coefficient (Wildman–Crippen LogP) is 0.420. The van der Waals surface area contributed by atoms with E-state index < -0.39 is 0 Å². The second-order valence-electron chi connectivity index (χ2n) is 3.25. The molecule has 0 amide bonds. The first kappa shape index (κ1) is 7.73. The summed E-state index contributed by atoms with van der Waals surface area (Å²) in [5, 5.41) is 11.1. The molecule has 0 saturated heterocycles. The van der Waals surface area contributed by atoms with Crippen molar-refractivity contribution in [1.82, 2.24) is 20.3 Å². The second-order valence-corrected chi connectivity index (χ2v) is 3.25. The fourth-order valence-electron chi connectivity index (χ4n) is 1.35. The molecule has 1 saturated carbocycles. The van der Waals surface area contributed by atoms with Gasteiger partial charge in [0.25, 0.3) is 0 Å². The van der Waals surface area contributed by atoms with Crippen LogP contribution in [0.2, 0.25) is 0 Å². The molecule has 2 rings (SSSR count). The zero-order valence-corrected chi connectivity index (χ0v) is 7.11. The number of nitrogens with one attached hydrogen (secondary N) is 1. The summed E-state index contributed by atoms with van der Waals surface area (Å²) in [5.41, 5.74) is 0. The predicted molar refractivity (Wildman–Crippen MR) is 45.7 cm³/mol. The van der Waals surface area contributed by atoms with Crippen LogP contribution in [0.5, 0.6) is 0 Å². The van der Waals surface area contributed by atoms with Crippen LogP contribution in [0.4, 0.5) is 0 Å². The van der Waals surface area contributed by atoms with E-state index in [0.717, 1.165) is 19.1 Å². The van der Waals surface area contributed by atoms with Crippen molar-refractivity contribution in [1.29, 1.82) is 0 Å². The molecule has 0 atom stereocenters. The van der Waals surface area contributed by atoms with Crippen molar-refractivity contribution in [3.05, 3.63) is 12.4 Å². The van der Waals surface area contributed by atoms with E-state index >= 15 is 0 Å². The van der Waals surface area contributed by atoms with E-state index in [0.29, 0.717) is 0 Å². The molecule has 1 aromatic heterocycles. The summed E-state index contributed by atoms with van der Waals surface area (Å²) in [6.07, 6.45) is 7.68. The first-order valence-corrected chi connectivity index (χ1v) is 4.52. The number of hydrogen-bond donors (Lipinski definition) is 1. The summed E-state index contributed by atoms with van der Waals surface area (Å²) in [6, 6.07) is 0.772. The number of nitrogens with zero attached hydrogens (tertiary/aromatic N) is 3. The van der Waals surface area contributed by atoms with E-state index in [1.165, 1.54) is 19.3 Å². The van der Waals surface area contributed by atoms with Crippen LogP contribution >= 0.6 is 0 Å². The Kier molecular flexibility index (Phi) is 2.36. The average molecular weight is 166 g/mol. The van der Waals surface area contributed by atoms with Crippen LogP contribution in [0.25, 0.3) is 0 Å². The van der Waals surface area contributed by atoms with Gasteiger partial charge in [0, 0.05) is 18.8 Å². The van der Waals surface area contributed by atoms with Gasteiger partial charge in [-0.05, 0) is 12.8 Å². The van der Waals surface area contributed by atoms with E-state index in [9.17, 15) is 0 Å². The molecular formula is C8H14N4. The van der Waals surface area contributed by atoms with E-state index in [-0.39, 0.29) is 0 Å². The van der Waals surface area contributed by atoms with Crippen molar-refractivity contribution < 1.29 is 0 Å². The SMILES string of the molecule is c1cn(CCNC2CCC2)nn1. The molecule has 1 aliphatic rings. The first-order chi connectivity index (χ1) is 5.95. The van der Waals surface area contributed by atoms with Crippen molar-refractivity contribution in [2.45, 2.75) is 31.8 Å². The Morgan fingerprint density at radius 3 is 3.00 bits per heavy atom. The molecule has 4 nitrogen and oxygen atoms in total. The molecule has 0 aliphatic heterocycles. The molecular weight excluding hydrogens is 152 g/mol. The Labute approximate surface area is 72.0 Å². The van der Waals surface area contributed by atoms with Gasteiger partial charge in [0.2, 0.25) is 0 Å². The van der Waals surface area contributed by atoms with Crippen LogP contribution in [0, 0.1) is 0 Å². The Bertz CT molecular complexity index is 215. The Hall–Kier alpha value is -0.900. The van der Waals surface area contributed by atoms with Gasteiger partial charge in [0.1, 0.15) is 0 Å². The zero-order chi connectivity index (χ0) is 8.23. The quantitative estimate of drug-likeness (QED) is 0.705. The first-order valence-electron chi connectivity index (χ1n) is 4.52. The third kappa shape index (κ3) is 1.82. The highest BCUT2D eigenvalue weighted by atomic mass is 15.4. The zero-order valence-electron chi connectivity index (χ0n) is 7.11. The van der Waals surface area contributed by atoms with E-state index in [4.69, 9.17) is 0 Å². The summed E-state index contributed by atoms with van der Waals surface area (Å²) < 4.78 is 1.85. The lowest BCUT2D eigenvalue weighted by molar-refractivity contribution is 0.332. The number of hydrogen-bond acceptors (Lipinski definition) is 3. The highest BCUT2D eigenvalue weighted by molar-refractivity contribution is 4.76. The molecule has 0 spiro atoms. The van der Waals surface area contributed by atoms with Crippen molar-refractivity contribution in [3.63, 3.8) is 0 Å².